The molecule has 0 spiro atoms. The van der Waals surface area contributed by atoms with Gasteiger partial charge in [-0.25, -0.2) is 0 Å². The Kier molecular flexibility index (Phi) is 6.33. The number of nitrogens with zero attached hydrogens (tertiary/aromatic N) is 1. The fourth-order valence-corrected chi connectivity index (χ4v) is 3.74. The highest BCUT2D eigenvalue weighted by Crippen LogP contribution is 2.49. The number of hydrogen-bond donors (Lipinski definition) is 1. The number of benzene rings is 2. The van der Waals surface area contributed by atoms with Crippen LogP contribution in [0.2, 0.25) is 5.02 Å². The van der Waals surface area contributed by atoms with Crippen molar-refractivity contribution < 1.29 is 4.79 Å². The summed E-state index contributed by atoms with van der Waals surface area (Å²) < 4.78 is 0. The lowest BCUT2D eigenvalue weighted by Crippen LogP contribution is -2.25. The summed E-state index contributed by atoms with van der Waals surface area (Å²) in [5.74, 6) is 0.440. The Hall–Kier alpha value is -1.84. The van der Waals surface area contributed by atoms with Crippen LogP contribution in [0.1, 0.15) is 42.9 Å². The molecule has 1 aliphatic rings. The summed E-state index contributed by atoms with van der Waals surface area (Å²) in [6.07, 6.45) is 0.886. The van der Waals surface area contributed by atoms with Crippen molar-refractivity contribution in [1.29, 1.82) is 0 Å². The van der Waals surface area contributed by atoms with E-state index in [9.17, 15) is 4.79 Å². The second kappa shape index (κ2) is 8.70. The number of rotatable bonds is 8. The molecule has 1 fully saturated rings. The lowest BCUT2D eigenvalue weighted by molar-refractivity contribution is -0.122. The van der Waals surface area contributed by atoms with Crippen LogP contribution in [0.3, 0.4) is 0 Å². The minimum atomic E-state index is 0.0498. The van der Waals surface area contributed by atoms with Crippen LogP contribution in [0.4, 0.5) is 0 Å². The van der Waals surface area contributed by atoms with Crippen LogP contribution < -0.4 is 5.32 Å². The number of nitrogens with one attached hydrogen (secondary N) is 1. The van der Waals surface area contributed by atoms with Crippen LogP contribution in [-0.2, 0) is 17.9 Å². The number of carbonyl (C=O) groups excluding carboxylic acids is 1. The molecule has 0 aromatic heterocycles. The molecule has 2 aromatic carbocycles. The Labute approximate surface area is 161 Å². The molecule has 2 unspecified atom stereocenters. The lowest BCUT2D eigenvalue weighted by atomic mass is 10.1. The van der Waals surface area contributed by atoms with Crippen LogP contribution >= 0.6 is 11.6 Å². The Bertz CT molecular complexity index is 757. The zero-order chi connectivity index (χ0) is 18.5. The van der Waals surface area contributed by atoms with Crippen molar-refractivity contribution in [3.05, 3.63) is 70.2 Å². The van der Waals surface area contributed by atoms with Crippen LogP contribution in [0.5, 0.6) is 0 Å². The Balaban J connectivity index is 1.53. The number of halogens is 1. The predicted octanol–water partition coefficient (Wildman–Crippen LogP) is 4.60. The molecule has 0 aliphatic heterocycles. The topological polar surface area (TPSA) is 32.3 Å². The van der Waals surface area contributed by atoms with Gasteiger partial charge in [-0.3, -0.25) is 9.69 Å². The molecule has 1 aliphatic carbocycles. The van der Waals surface area contributed by atoms with Gasteiger partial charge in [0, 0.05) is 24.0 Å². The van der Waals surface area contributed by atoms with Crippen molar-refractivity contribution in [2.45, 2.75) is 39.3 Å². The predicted molar refractivity (Wildman–Crippen MR) is 107 cm³/mol. The fourth-order valence-electron chi connectivity index (χ4n) is 3.47. The normalized spacial score (nSPS) is 18.8. The summed E-state index contributed by atoms with van der Waals surface area (Å²) >= 11 is 6.25. The van der Waals surface area contributed by atoms with E-state index in [1.54, 1.807) is 0 Å². The van der Waals surface area contributed by atoms with Crippen LogP contribution in [0, 0.1) is 5.92 Å². The second-order valence-electron chi connectivity index (χ2n) is 6.97. The van der Waals surface area contributed by atoms with Crippen LogP contribution in [0.15, 0.2) is 48.5 Å². The average Bonchev–Trinajstić information content (AvgIpc) is 3.45. The van der Waals surface area contributed by atoms with E-state index < -0.39 is 0 Å². The summed E-state index contributed by atoms with van der Waals surface area (Å²) in [6.45, 7) is 7.98. The number of hydrogen-bond acceptors (Lipinski definition) is 2. The zero-order valence-corrected chi connectivity index (χ0v) is 16.3. The van der Waals surface area contributed by atoms with Crippen molar-refractivity contribution in [2.24, 2.45) is 5.92 Å². The zero-order valence-electron chi connectivity index (χ0n) is 15.5. The molecular formula is C22H27ClN2O. The van der Waals surface area contributed by atoms with Gasteiger partial charge < -0.3 is 5.32 Å². The SMILES string of the molecule is CCN(CC)Cc1cccc(CNC(=O)C2CC2c2ccccc2Cl)c1. The molecule has 138 valence electrons. The molecule has 2 atom stereocenters. The van der Waals surface area contributed by atoms with Crippen molar-refractivity contribution in [1.82, 2.24) is 10.2 Å². The van der Waals surface area contributed by atoms with Crippen molar-refractivity contribution in [3.8, 4) is 0 Å². The molecule has 3 rings (SSSR count). The minimum absolute atomic E-state index is 0.0498. The van der Waals surface area contributed by atoms with Gasteiger partial charge in [-0.1, -0.05) is 67.9 Å². The van der Waals surface area contributed by atoms with E-state index in [0.717, 1.165) is 42.2 Å². The van der Waals surface area contributed by atoms with Gasteiger partial charge in [0.25, 0.3) is 0 Å². The van der Waals surface area contributed by atoms with E-state index in [1.807, 2.05) is 24.3 Å². The standard InChI is InChI=1S/C22H27ClN2O/c1-3-25(4-2)15-17-9-7-8-16(12-17)14-24-22(26)20-13-19(20)18-10-5-6-11-21(18)23/h5-12,19-20H,3-4,13-15H2,1-2H3,(H,24,26). The largest absolute Gasteiger partial charge is 0.352 e. The first-order valence-corrected chi connectivity index (χ1v) is 9.82. The molecule has 0 radical (unpaired) electrons. The van der Waals surface area contributed by atoms with E-state index in [1.165, 1.54) is 5.56 Å². The molecule has 26 heavy (non-hydrogen) atoms. The molecule has 0 saturated heterocycles. The Morgan fingerprint density at radius 2 is 1.85 bits per heavy atom. The number of carbonyl (C=O) groups is 1. The molecule has 2 aromatic rings. The van der Waals surface area contributed by atoms with E-state index in [2.05, 4.69) is 48.3 Å². The maximum absolute atomic E-state index is 12.5. The van der Waals surface area contributed by atoms with E-state index in [4.69, 9.17) is 11.6 Å². The average molecular weight is 371 g/mol. The highest BCUT2D eigenvalue weighted by Gasteiger charge is 2.44. The van der Waals surface area contributed by atoms with Gasteiger partial charge >= 0.3 is 0 Å². The quantitative estimate of drug-likeness (QED) is 0.736. The monoisotopic (exact) mass is 370 g/mol. The summed E-state index contributed by atoms with van der Waals surface area (Å²) in [5.41, 5.74) is 3.54. The maximum Gasteiger partial charge on any atom is 0.224 e. The summed E-state index contributed by atoms with van der Waals surface area (Å²) in [5, 5.41) is 3.85. The molecule has 4 heteroatoms. The molecule has 1 amide bonds. The van der Waals surface area contributed by atoms with E-state index in [0.29, 0.717) is 6.54 Å². The first-order valence-electron chi connectivity index (χ1n) is 9.44. The van der Waals surface area contributed by atoms with Crippen LogP contribution in [0.25, 0.3) is 0 Å². The second-order valence-corrected chi connectivity index (χ2v) is 7.38. The summed E-state index contributed by atoms with van der Waals surface area (Å²) in [6, 6.07) is 16.3. The Morgan fingerprint density at radius 3 is 2.58 bits per heavy atom. The Morgan fingerprint density at radius 1 is 1.12 bits per heavy atom. The van der Waals surface area contributed by atoms with Crippen molar-refractivity contribution in [3.63, 3.8) is 0 Å². The third kappa shape index (κ3) is 4.66. The summed E-state index contributed by atoms with van der Waals surface area (Å²) in [7, 11) is 0. The first-order chi connectivity index (χ1) is 12.6. The van der Waals surface area contributed by atoms with Crippen molar-refractivity contribution >= 4 is 17.5 Å². The third-order valence-electron chi connectivity index (χ3n) is 5.19. The fraction of sp³-hybridized carbons (Fsp3) is 0.409. The van der Waals surface area contributed by atoms with Gasteiger partial charge in [0.15, 0.2) is 0 Å². The third-order valence-corrected chi connectivity index (χ3v) is 5.53. The molecule has 1 N–H and O–H groups in total. The molecule has 0 bridgehead atoms. The van der Waals surface area contributed by atoms with Gasteiger partial charge in [0.05, 0.1) is 0 Å². The summed E-state index contributed by atoms with van der Waals surface area (Å²) in [4.78, 5) is 14.9. The van der Waals surface area contributed by atoms with E-state index in [-0.39, 0.29) is 17.7 Å². The van der Waals surface area contributed by atoms with E-state index >= 15 is 0 Å². The highest BCUT2D eigenvalue weighted by atomic mass is 35.5. The molecule has 3 nitrogen and oxygen atoms in total. The molecule has 1 saturated carbocycles. The molecular weight excluding hydrogens is 344 g/mol. The van der Waals surface area contributed by atoms with Gasteiger partial charge in [-0.2, -0.15) is 0 Å². The minimum Gasteiger partial charge on any atom is -0.352 e. The number of amides is 1. The van der Waals surface area contributed by atoms with Gasteiger partial charge in [0.2, 0.25) is 5.91 Å². The maximum atomic E-state index is 12.5. The molecule has 0 heterocycles. The van der Waals surface area contributed by atoms with Gasteiger partial charge in [0.1, 0.15) is 0 Å². The van der Waals surface area contributed by atoms with Crippen LogP contribution in [-0.4, -0.2) is 23.9 Å². The van der Waals surface area contributed by atoms with Crippen molar-refractivity contribution in [2.75, 3.05) is 13.1 Å². The highest BCUT2D eigenvalue weighted by molar-refractivity contribution is 6.31. The lowest BCUT2D eigenvalue weighted by Gasteiger charge is -2.18. The smallest absolute Gasteiger partial charge is 0.224 e. The van der Waals surface area contributed by atoms with Gasteiger partial charge in [-0.15, -0.1) is 0 Å². The van der Waals surface area contributed by atoms with Gasteiger partial charge in [-0.05, 0) is 48.2 Å². The first kappa shape index (κ1) is 18.9.